The van der Waals surface area contributed by atoms with Crippen molar-refractivity contribution in [2.24, 2.45) is 7.05 Å². The minimum absolute atomic E-state index is 0.138. The number of nitrogens with zero attached hydrogens (tertiary/aromatic N) is 2. The molecule has 0 fully saturated rings. The van der Waals surface area contributed by atoms with Gasteiger partial charge in [-0.05, 0) is 18.2 Å². The number of aryl methyl sites for hydroxylation is 1. The van der Waals surface area contributed by atoms with E-state index in [1.54, 1.807) is 17.7 Å². The van der Waals surface area contributed by atoms with Gasteiger partial charge in [-0.15, -0.1) is 0 Å². The maximum absolute atomic E-state index is 13.5. The van der Waals surface area contributed by atoms with Crippen LogP contribution in [0.15, 0.2) is 35.2 Å². The molecule has 1 amide bonds. The van der Waals surface area contributed by atoms with Crippen LogP contribution in [0.5, 0.6) is 0 Å². The number of carbonyl (C=O) groups is 1. The number of rotatable bonds is 2. The van der Waals surface area contributed by atoms with Crippen molar-refractivity contribution < 1.29 is 9.18 Å². The molecule has 1 aromatic carbocycles. The Balaban J connectivity index is 2.22. The maximum atomic E-state index is 13.5. The summed E-state index contributed by atoms with van der Waals surface area (Å²) in [7, 11) is 1.69. The minimum atomic E-state index is -0.491. The van der Waals surface area contributed by atoms with Crippen molar-refractivity contribution in [2.75, 3.05) is 5.32 Å². The molecule has 0 spiro atoms. The van der Waals surface area contributed by atoms with Gasteiger partial charge in [-0.2, -0.15) is 0 Å². The highest BCUT2D eigenvalue weighted by atomic mass is 79.9. The second-order valence-corrected chi connectivity index (χ2v) is 4.38. The van der Waals surface area contributed by atoms with Crippen LogP contribution in [0, 0.1) is 5.82 Å². The van der Waals surface area contributed by atoms with Crippen LogP contribution < -0.4 is 5.32 Å². The van der Waals surface area contributed by atoms with E-state index in [1.165, 1.54) is 24.7 Å². The fourth-order valence-corrected chi connectivity index (χ4v) is 1.69. The summed E-state index contributed by atoms with van der Waals surface area (Å²) >= 11 is 3.15. The van der Waals surface area contributed by atoms with Gasteiger partial charge in [0.15, 0.2) is 0 Å². The zero-order valence-electron chi connectivity index (χ0n) is 8.95. The van der Waals surface area contributed by atoms with Gasteiger partial charge in [0.2, 0.25) is 0 Å². The fraction of sp³-hybridized carbons (Fsp3) is 0.0909. The van der Waals surface area contributed by atoms with Gasteiger partial charge in [0.05, 0.1) is 18.2 Å². The Labute approximate surface area is 106 Å². The van der Waals surface area contributed by atoms with Crippen molar-refractivity contribution in [3.05, 3.63) is 46.7 Å². The molecule has 17 heavy (non-hydrogen) atoms. The van der Waals surface area contributed by atoms with E-state index >= 15 is 0 Å². The summed E-state index contributed by atoms with van der Waals surface area (Å²) in [5.41, 5.74) is 0.506. The molecule has 2 rings (SSSR count). The monoisotopic (exact) mass is 297 g/mol. The Hall–Kier alpha value is -1.69. The molecular weight excluding hydrogens is 289 g/mol. The van der Waals surface area contributed by atoms with Crippen LogP contribution >= 0.6 is 15.9 Å². The highest BCUT2D eigenvalue weighted by Gasteiger charge is 2.12. The van der Waals surface area contributed by atoms with Gasteiger partial charge in [0, 0.05) is 11.5 Å². The van der Waals surface area contributed by atoms with Gasteiger partial charge in [0.25, 0.3) is 5.91 Å². The first-order chi connectivity index (χ1) is 8.08. The maximum Gasteiger partial charge on any atom is 0.274 e. The Morgan fingerprint density at radius 3 is 2.88 bits per heavy atom. The molecule has 1 aromatic heterocycles. The van der Waals surface area contributed by atoms with Gasteiger partial charge in [-0.25, -0.2) is 9.37 Å². The molecular formula is C11H9BrFN3O. The number of benzene rings is 1. The molecule has 0 atom stereocenters. The lowest BCUT2D eigenvalue weighted by molar-refractivity contribution is 0.101. The molecule has 0 saturated heterocycles. The normalized spacial score (nSPS) is 10.3. The zero-order chi connectivity index (χ0) is 12.4. The van der Waals surface area contributed by atoms with Gasteiger partial charge >= 0.3 is 0 Å². The second kappa shape index (κ2) is 4.67. The summed E-state index contributed by atoms with van der Waals surface area (Å²) in [4.78, 5) is 15.6. The molecule has 4 nitrogen and oxygen atoms in total. The number of nitrogens with one attached hydrogen (secondary N) is 1. The average Bonchev–Trinajstić information content (AvgIpc) is 2.68. The molecule has 0 saturated carbocycles. The molecule has 0 unspecified atom stereocenters. The minimum Gasteiger partial charge on any atom is -0.330 e. The van der Waals surface area contributed by atoms with Crippen LogP contribution in [-0.4, -0.2) is 15.5 Å². The number of halogens is 2. The third-order valence-corrected chi connectivity index (χ3v) is 2.72. The van der Waals surface area contributed by atoms with Crippen molar-refractivity contribution >= 4 is 27.5 Å². The van der Waals surface area contributed by atoms with Crippen molar-refractivity contribution in [3.8, 4) is 0 Å². The molecule has 0 aliphatic heterocycles. The number of hydrogen-bond donors (Lipinski definition) is 1. The number of amides is 1. The Morgan fingerprint density at radius 2 is 2.29 bits per heavy atom. The van der Waals surface area contributed by atoms with Crippen molar-refractivity contribution in [1.82, 2.24) is 9.55 Å². The molecule has 1 N–H and O–H groups in total. The van der Waals surface area contributed by atoms with Crippen molar-refractivity contribution in [1.29, 1.82) is 0 Å². The topological polar surface area (TPSA) is 46.9 Å². The first kappa shape index (κ1) is 11.8. The first-order valence-electron chi connectivity index (χ1n) is 4.80. The second-order valence-electron chi connectivity index (χ2n) is 3.47. The van der Waals surface area contributed by atoms with Crippen LogP contribution in [0.1, 0.15) is 10.5 Å². The molecule has 88 valence electrons. The molecule has 0 aliphatic rings. The number of anilines is 1. The number of imidazole rings is 1. The summed E-state index contributed by atoms with van der Waals surface area (Å²) in [5, 5.41) is 2.49. The largest absolute Gasteiger partial charge is 0.330 e. The lowest BCUT2D eigenvalue weighted by Gasteiger charge is -2.06. The summed E-state index contributed by atoms with van der Waals surface area (Å²) < 4.78 is 15.7. The van der Waals surface area contributed by atoms with Crippen LogP contribution in [-0.2, 0) is 7.05 Å². The van der Waals surface area contributed by atoms with E-state index in [0.717, 1.165) is 0 Å². The van der Waals surface area contributed by atoms with Crippen LogP contribution in [0.25, 0.3) is 0 Å². The highest BCUT2D eigenvalue weighted by Crippen LogP contribution is 2.19. The number of hydrogen-bond acceptors (Lipinski definition) is 2. The zero-order valence-corrected chi connectivity index (χ0v) is 10.5. The third kappa shape index (κ3) is 2.52. The molecule has 2 aromatic rings. The van der Waals surface area contributed by atoms with Gasteiger partial charge in [0.1, 0.15) is 11.5 Å². The lowest BCUT2D eigenvalue weighted by Crippen LogP contribution is -2.16. The Kier molecular flexibility index (Phi) is 3.23. The highest BCUT2D eigenvalue weighted by molar-refractivity contribution is 9.10. The molecule has 0 bridgehead atoms. The predicted octanol–water partition coefficient (Wildman–Crippen LogP) is 2.57. The van der Waals surface area contributed by atoms with E-state index in [4.69, 9.17) is 0 Å². The average molecular weight is 298 g/mol. The van der Waals surface area contributed by atoms with Crippen LogP contribution in [0.3, 0.4) is 0 Å². The van der Waals surface area contributed by atoms with E-state index in [0.29, 0.717) is 10.2 Å². The van der Waals surface area contributed by atoms with E-state index in [2.05, 4.69) is 26.2 Å². The van der Waals surface area contributed by atoms with E-state index < -0.39 is 11.7 Å². The standard InChI is InChI=1S/C11H9BrFN3O/c1-16-6-14-5-10(16)11(17)15-9-3-2-7(12)4-8(9)13/h2-6H,1H3,(H,15,17). The summed E-state index contributed by atoms with van der Waals surface area (Å²) in [6.45, 7) is 0. The SMILES string of the molecule is Cn1cncc1C(=O)Nc1ccc(Br)cc1F. The summed E-state index contributed by atoms with van der Waals surface area (Å²) in [6.07, 6.45) is 2.93. The van der Waals surface area contributed by atoms with Crippen LogP contribution in [0.4, 0.5) is 10.1 Å². The molecule has 1 heterocycles. The van der Waals surface area contributed by atoms with Gasteiger partial charge < -0.3 is 9.88 Å². The lowest BCUT2D eigenvalue weighted by atomic mass is 10.3. The van der Waals surface area contributed by atoms with E-state index in [-0.39, 0.29) is 5.69 Å². The van der Waals surface area contributed by atoms with Crippen molar-refractivity contribution in [2.45, 2.75) is 0 Å². The fourth-order valence-electron chi connectivity index (χ4n) is 1.35. The van der Waals surface area contributed by atoms with E-state index in [9.17, 15) is 9.18 Å². The van der Waals surface area contributed by atoms with Gasteiger partial charge in [-0.3, -0.25) is 4.79 Å². The quantitative estimate of drug-likeness (QED) is 0.926. The van der Waals surface area contributed by atoms with E-state index in [1.807, 2.05) is 0 Å². The molecule has 6 heteroatoms. The number of carbonyl (C=O) groups excluding carboxylic acids is 1. The predicted molar refractivity (Wildman–Crippen MR) is 65.3 cm³/mol. The molecule has 0 radical (unpaired) electrons. The van der Waals surface area contributed by atoms with Gasteiger partial charge in [-0.1, -0.05) is 15.9 Å². The number of aromatic nitrogens is 2. The smallest absolute Gasteiger partial charge is 0.274 e. The van der Waals surface area contributed by atoms with Crippen LogP contribution in [0.2, 0.25) is 0 Å². The first-order valence-corrected chi connectivity index (χ1v) is 5.60. The summed E-state index contributed by atoms with van der Waals surface area (Å²) in [5.74, 6) is -0.888. The summed E-state index contributed by atoms with van der Waals surface area (Å²) in [6, 6.07) is 4.44. The Bertz CT molecular complexity index is 568. The van der Waals surface area contributed by atoms with Crippen molar-refractivity contribution in [3.63, 3.8) is 0 Å². The Morgan fingerprint density at radius 1 is 1.53 bits per heavy atom. The third-order valence-electron chi connectivity index (χ3n) is 2.23. The molecule has 0 aliphatic carbocycles.